The van der Waals surface area contributed by atoms with E-state index in [0.29, 0.717) is 12.2 Å². The monoisotopic (exact) mass is 354 g/mol. The van der Waals surface area contributed by atoms with Crippen LogP contribution in [0.3, 0.4) is 0 Å². The zero-order valence-corrected chi connectivity index (χ0v) is 15.4. The van der Waals surface area contributed by atoms with E-state index in [1.165, 1.54) is 0 Å². The molecule has 1 atom stereocenters. The van der Waals surface area contributed by atoms with Crippen molar-refractivity contribution in [2.45, 2.75) is 19.9 Å². The van der Waals surface area contributed by atoms with Crippen molar-refractivity contribution < 1.29 is 14.3 Å². The van der Waals surface area contributed by atoms with E-state index in [-0.39, 0.29) is 11.9 Å². The van der Waals surface area contributed by atoms with Crippen LogP contribution in [0.15, 0.2) is 48.5 Å². The van der Waals surface area contributed by atoms with Gasteiger partial charge in [0.15, 0.2) is 0 Å². The molecule has 1 N–H and O–H groups in total. The number of amides is 1. The minimum Gasteiger partial charge on any atom is -0.494 e. The molecule has 3 rings (SSSR count). The van der Waals surface area contributed by atoms with Gasteiger partial charge in [0, 0.05) is 24.3 Å². The van der Waals surface area contributed by atoms with Gasteiger partial charge in [-0.25, -0.2) is 0 Å². The third-order valence-electron chi connectivity index (χ3n) is 4.54. The maximum Gasteiger partial charge on any atom is 0.251 e. The average Bonchev–Trinajstić information content (AvgIpc) is 2.69. The number of morpholine rings is 1. The van der Waals surface area contributed by atoms with Crippen molar-refractivity contribution in [1.29, 1.82) is 0 Å². The smallest absolute Gasteiger partial charge is 0.251 e. The van der Waals surface area contributed by atoms with Gasteiger partial charge in [-0.1, -0.05) is 12.1 Å². The Kier molecular flexibility index (Phi) is 6.12. The van der Waals surface area contributed by atoms with Crippen molar-refractivity contribution in [1.82, 2.24) is 5.32 Å². The number of nitrogens with one attached hydrogen (secondary N) is 1. The molecule has 1 aliphatic heterocycles. The Morgan fingerprint density at radius 2 is 1.77 bits per heavy atom. The van der Waals surface area contributed by atoms with Gasteiger partial charge in [0.25, 0.3) is 5.91 Å². The molecule has 26 heavy (non-hydrogen) atoms. The SMILES string of the molecule is CCOc1ccc([C@H](C)NC(=O)c2ccc(N3CCOCC3)cc2)cc1. The van der Waals surface area contributed by atoms with Crippen LogP contribution in [-0.4, -0.2) is 38.8 Å². The number of carbonyl (C=O) groups excluding carboxylic acids is 1. The number of carbonyl (C=O) groups is 1. The zero-order valence-electron chi connectivity index (χ0n) is 15.4. The lowest BCUT2D eigenvalue weighted by Gasteiger charge is -2.28. The quantitative estimate of drug-likeness (QED) is 0.864. The molecular formula is C21H26N2O3. The van der Waals surface area contributed by atoms with Crippen LogP contribution in [0.1, 0.15) is 35.8 Å². The highest BCUT2D eigenvalue weighted by Crippen LogP contribution is 2.20. The van der Waals surface area contributed by atoms with Gasteiger partial charge in [0.1, 0.15) is 5.75 Å². The fourth-order valence-corrected chi connectivity index (χ4v) is 3.03. The van der Waals surface area contributed by atoms with Crippen LogP contribution >= 0.6 is 0 Å². The van der Waals surface area contributed by atoms with Gasteiger partial charge < -0.3 is 19.7 Å². The molecule has 0 aliphatic carbocycles. The molecule has 1 saturated heterocycles. The Morgan fingerprint density at radius 1 is 1.12 bits per heavy atom. The maximum atomic E-state index is 12.5. The van der Waals surface area contributed by atoms with Gasteiger partial charge >= 0.3 is 0 Å². The summed E-state index contributed by atoms with van der Waals surface area (Å²) in [5, 5.41) is 3.05. The minimum atomic E-state index is -0.0721. The topological polar surface area (TPSA) is 50.8 Å². The molecular weight excluding hydrogens is 328 g/mol. The second kappa shape index (κ2) is 8.72. The first-order valence-electron chi connectivity index (χ1n) is 9.13. The molecule has 1 amide bonds. The third-order valence-corrected chi connectivity index (χ3v) is 4.54. The second-order valence-electron chi connectivity index (χ2n) is 6.34. The molecule has 0 unspecified atom stereocenters. The van der Waals surface area contributed by atoms with Crippen LogP contribution in [0.5, 0.6) is 5.75 Å². The number of hydrogen-bond acceptors (Lipinski definition) is 4. The van der Waals surface area contributed by atoms with Crippen molar-refractivity contribution in [2.75, 3.05) is 37.8 Å². The van der Waals surface area contributed by atoms with Crippen LogP contribution in [0, 0.1) is 0 Å². The van der Waals surface area contributed by atoms with E-state index in [9.17, 15) is 4.79 Å². The minimum absolute atomic E-state index is 0.0695. The molecule has 5 heteroatoms. The lowest BCUT2D eigenvalue weighted by atomic mass is 10.1. The van der Waals surface area contributed by atoms with E-state index < -0.39 is 0 Å². The molecule has 0 aromatic heterocycles. The predicted molar refractivity (Wildman–Crippen MR) is 103 cm³/mol. The summed E-state index contributed by atoms with van der Waals surface area (Å²) in [6, 6.07) is 15.5. The highest BCUT2D eigenvalue weighted by Gasteiger charge is 2.14. The molecule has 0 saturated carbocycles. The first-order valence-corrected chi connectivity index (χ1v) is 9.13. The summed E-state index contributed by atoms with van der Waals surface area (Å²) in [4.78, 5) is 14.8. The van der Waals surface area contributed by atoms with E-state index in [4.69, 9.17) is 9.47 Å². The highest BCUT2D eigenvalue weighted by molar-refractivity contribution is 5.94. The first-order chi connectivity index (χ1) is 12.7. The van der Waals surface area contributed by atoms with E-state index >= 15 is 0 Å². The largest absolute Gasteiger partial charge is 0.494 e. The lowest BCUT2D eigenvalue weighted by Crippen LogP contribution is -2.36. The third kappa shape index (κ3) is 4.55. The Hall–Kier alpha value is -2.53. The van der Waals surface area contributed by atoms with Gasteiger partial charge in [0.2, 0.25) is 0 Å². The lowest BCUT2D eigenvalue weighted by molar-refractivity contribution is 0.0940. The number of nitrogens with zero attached hydrogens (tertiary/aromatic N) is 1. The molecule has 0 spiro atoms. The maximum absolute atomic E-state index is 12.5. The summed E-state index contributed by atoms with van der Waals surface area (Å²) in [6.07, 6.45) is 0. The van der Waals surface area contributed by atoms with Crippen LogP contribution < -0.4 is 15.0 Å². The zero-order chi connectivity index (χ0) is 18.4. The first kappa shape index (κ1) is 18.3. The molecule has 0 bridgehead atoms. The fraction of sp³-hybridized carbons (Fsp3) is 0.381. The van der Waals surface area contributed by atoms with Gasteiger partial charge in [0.05, 0.1) is 25.9 Å². The predicted octanol–water partition coefficient (Wildman–Crippen LogP) is 3.41. The van der Waals surface area contributed by atoms with E-state index in [0.717, 1.165) is 43.3 Å². The van der Waals surface area contributed by atoms with Gasteiger partial charge in [-0.15, -0.1) is 0 Å². The van der Waals surface area contributed by atoms with Crippen molar-refractivity contribution in [3.8, 4) is 5.75 Å². The second-order valence-corrected chi connectivity index (χ2v) is 6.34. The number of anilines is 1. The summed E-state index contributed by atoms with van der Waals surface area (Å²) >= 11 is 0. The molecule has 1 aliphatic rings. The van der Waals surface area contributed by atoms with Gasteiger partial charge in [-0.3, -0.25) is 4.79 Å². The van der Waals surface area contributed by atoms with Crippen molar-refractivity contribution in [3.63, 3.8) is 0 Å². The standard InChI is InChI=1S/C21H26N2O3/c1-3-26-20-10-6-17(7-11-20)16(2)22-21(24)18-4-8-19(9-5-18)23-12-14-25-15-13-23/h4-11,16H,3,12-15H2,1-2H3,(H,22,24)/t16-/m0/s1. The Bertz CT molecular complexity index is 707. The van der Waals surface area contributed by atoms with Crippen LogP contribution in [-0.2, 0) is 4.74 Å². The Morgan fingerprint density at radius 3 is 2.38 bits per heavy atom. The molecule has 138 valence electrons. The normalized spacial score (nSPS) is 15.4. The van der Waals surface area contributed by atoms with Crippen molar-refractivity contribution in [3.05, 3.63) is 59.7 Å². The number of hydrogen-bond donors (Lipinski definition) is 1. The molecule has 1 heterocycles. The van der Waals surface area contributed by atoms with Crippen molar-refractivity contribution >= 4 is 11.6 Å². The van der Waals surface area contributed by atoms with E-state index in [1.807, 2.05) is 62.4 Å². The fourth-order valence-electron chi connectivity index (χ4n) is 3.03. The van der Waals surface area contributed by atoms with Crippen LogP contribution in [0.25, 0.3) is 0 Å². The Balaban J connectivity index is 1.59. The summed E-state index contributed by atoms with van der Waals surface area (Å²) in [5.74, 6) is 0.772. The van der Waals surface area contributed by atoms with Crippen LogP contribution in [0.4, 0.5) is 5.69 Å². The molecule has 0 radical (unpaired) electrons. The number of benzene rings is 2. The number of ether oxygens (including phenoxy) is 2. The van der Waals surface area contributed by atoms with Crippen LogP contribution in [0.2, 0.25) is 0 Å². The number of rotatable bonds is 6. The molecule has 1 fully saturated rings. The van der Waals surface area contributed by atoms with Gasteiger partial charge in [-0.05, 0) is 55.8 Å². The summed E-state index contributed by atoms with van der Waals surface area (Å²) < 4.78 is 10.8. The average molecular weight is 354 g/mol. The summed E-state index contributed by atoms with van der Waals surface area (Å²) in [5.41, 5.74) is 2.84. The molecule has 2 aromatic rings. The van der Waals surface area contributed by atoms with Gasteiger partial charge in [-0.2, -0.15) is 0 Å². The summed E-state index contributed by atoms with van der Waals surface area (Å²) in [6.45, 7) is 7.87. The Labute approximate surface area is 154 Å². The molecule has 5 nitrogen and oxygen atoms in total. The van der Waals surface area contributed by atoms with E-state index in [2.05, 4.69) is 10.2 Å². The summed E-state index contributed by atoms with van der Waals surface area (Å²) in [7, 11) is 0. The van der Waals surface area contributed by atoms with E-state index in [1.54, 1.807) is 0 Å². The van der Waals surface area contributed by atoms with Crippen molar-refractivity contribution in [2.24, 2.45) is 0 Å². The molecule has 2 aromatic carbocycles. The highest BCUT2D eigenvalue weighted by atomic mass is 16.5.